The van der Waals surface area contributed by atoms with Crippen molar-refractivity contribution in [2.75, 3.05) is 93.3 Å². The Kier molecular flexibility index (Phi) is 33.0. The van der Waals surface area contributed by atoms with Gasteiger partial charge in [0.1, 0.15) is 31.8 Å². The molecule has 0 aliphatic carbocycles. The zero-order valence-corrected chi connectivity index (χ0v) is 52.7. The van der Waals surface area contributed by atoms with E-state index in [4.69, 9.17) is 34.8 Å². The van der Waals surface area contributed by atoms with Crippen molar-refractivity contribution < 1.29 is 72.2 Å². The van der Waals surface area contributed by atoms with E-state index < -0.39 is 90.2 Å². The third-order valence-electron chi connectivity index (χ3n) is 15.8. The Morgan fingerprint density at radius 2 is 1.08 bits per heavy atom. The average Bonchev–Trinajstić information content (AvgIpc) is 1.70. The van der Waals surface area contributed by atoms with Gasteiger partial charge in [-0.2, -0.15) is 0 Å². The van der Waals surface area contributed by atoms with Crippen molar-refractivity contribution in [3.8, 4) is 12.3 Å². The van der Waals surface area contributed by atoms with E-state index in [1.165, 1.54) is 9.36 Å². The monoisotopic (exact) mass is 1240 g/mol. The number of methoxy groups -OCH3 is 2. The number of aromatic nitrogens is 6. The number of aryl methyl sites for hydroxylation is 2. The molecule has 4 rings (SSSR count). The maximum Gasteiger partial charge on any atom is 0.320 e. The molecule has 2 aliphatic rings. The first-order valence-corrected chi connectivity index (χ1v) is 30.5. The molecular formula is C60H97N13O15. The third-order valence-corrected chi connectivity index (χ3v) is 15.8. The Morgan fingerprint density at radius 1 is 0.670 bits per heavy atom. The van der Waals surface area contributed by atoms with E-state index in [0.29, 0.717) is 63.5 Å². The first-order chi connectivity index (χ1) is 42.3. The second-order valence-corrected chi connectivity index (χ2v) is 22.4. The quantitative estimate of drug-likeness (QED) is 0.0260. The van der Waals surface area contributed by atoms with Crippen LogP contribution in [-0.4, -0.2) is 227 Å². The predicted octanol–water partition coefficient (Wildman–Crippen LogP) is 0.980. The standard InChI is InChI=1S/C60H97N13O15/c1-10-15-42-36-46(57(79)80)63-53(42)55(59(6,83-8)22-12-3)65-48(74)19-17-44-38-72(69-67-44)26-24-61-50(76)40-71(52(78)21-29-86-31-33-88-35-34-87-32-30-85-28-14-5)41-51(77)62-25-27-73-39-45(68-70-73)18-20-49(75)66-56(60(7,84-9)23-13-4)54-43(16-11-2)37-47(64-54)58(81)82/h5,10-11,15-16,38-39,42-43,46-47,53-56,63-64H,12-13,17-37,40-41H2,1-4,6-9H3,(H,61,76)(H,62,77)(H,65,74)(H,66,75)(H,79,80)(H,81,82)/b15-10-,16-11-/t42-,43-,46-,47-,53-,54-,55-,56-,59?,60?/m1/s1. The van der Waals surface area contributed by atoms with Crippen molar-refractivity contribution in [3.63, 3.8) is 0 Å². The lowest BCUT2D eigenvalue weighted by Crippen LogP contribution is -2.62. The van der Waals surface area contributed by atoms with Gasteiger partial charge in [0.25, 0.3) is 0 Å². The summed E-state index contributed by atoms with van der Waals surface area (Å²) in [5, 5.41) is 54.8. The Hall–Kier alpha value is -6.71. The second-order valence-electron chi connectivity index (χ2n) is 22.4. The summed E-state index contributed by atoms with van der Waals surface area (Å²) in [4.78, 5) is 92.7. The minimum absolute atomic E-state index is 0.000592. The van der Waals surface area contributed by atoms with Gasteiger partial charge in [-0.15, -0.1) is 16.6 Å². The number of hydrogen-bond donors (Lipinski definition) is 8. The van der Waals surface area contributed by atoms with Crippen LogP contribution in [0.3, 0.4) is 0 Å². The minimum Gasteiger partial charge on any atom is -0.480 e. The van der Waals surface area contributed by atoms with Crippen LogP contribution < -0.4 is 31.9 Å². The molecule has 28 heteroatoms. The van der Waals surface area contributed by atoms with Crippen LogP contribution in [-0.2, 0) is 87.9 Å². The molecule has 5 amide bonds. The molecule has 10 atom stereocenters. The van der Waals surface area contributed by atoms with Gasteiger partial charge in [0.05, 0.1) is 100 Å². The van der Waals surface area contributed by atoms with Crippen LogP contribution in [0.1, 0.15) is 111 Å². The van der Waals surface area contributed by atoms with Crippen LogP contribution in [0.4, 0.5) is 0 Å². The summed E-state index contributed by atoms with van der Waals surface area (Å²) in [7, 11) is 3.18. The zero-order valence-electron chi connectivity index (χ0n) is 52.7. The molecule has 2 fully saturated rings. The highest BCUT2D eigenvalue weighted by molar-refractivity contribution is 5.89. The molecule has 2 saturated heterocycles. The van der Waals surface area contributed by atoms with Crippen molar-refractivity contribution in [3.05, 3.63) is 48.1 Å². The molecule has 4 heterocycles. The van der Waals surface area contributed by atoms with Gasteiger partial charge in [-0.3, -0.25) is 53.6 Å². The van der Waals surface area contributed by atoms with Gasteiger partial charge in [-0.05, 0) is 65.2 Å². The van der Waals surface area contributed by atoms with E-state index in [2.05, 4.69) is 58.4 Å². The molecule has 0 spiro atoms. The van der Waals surface area contributed by atoms with Crippen molar-refractivity contribution >= 4 is 41.5 Å². The summed E-state index contributed by atoms with van der Waals surface area (Å²) in [6.07, 6.45) is 20.2. The van der Waals surface area contributed by atoms with E-state index in [-0.39, 0.29) is 108 Å². The highest BCUT2D eigenvalue weighted by Gasteiger charge is 2.49. The predicted molar refractivity (Wildman–Crippen MR) is 323 cm³/mol. The topological polar surface area (TPSA) is 352 Å². The lowest BCUT2D eigenvalue weighted by atomic mass is 9.81. The Labute approximate surface area is 517 Å². The summed E-state index contributed by atoms with van der Waals surface area (Å²) in [6, 6.07) is -3.44. The number of carboxylic acids is 2. The van der Waals surface area contributed by atoms with E-state index in [1.807, 2.05) is 65.8 Å². The van der Waals surface area contributed by atoms with Crippen LogP contribution in [0.5, 0.6) is 0 Å². The molecule has 8 N–H and O–H groups in total. The van der Waals surface area contributed by atoms with Gasteiger partial charge in [-0.1, -0.05) is 67.3 Å². The molecule has 28 nitrogen and oxygen atoms in total. The second kappa shape index (κ2) is 39.3. The molecule has 2 aromatic rings. The molecule has 2 unspecified atom stereocenters. The Bertz CT molecular complexity index is 2450. The molecule has 2 aliphatic heterocycles. The fraction of sp³-hybridized carbons (Fsp3) is 0.717. The molecule has 0 saturated carbocycles. The number of nitrogens with one attached hydrogen (secondary N) is 6. The summed E-state index contributed by atoms with van der Waals surface area (Å²) in [5.74, 6) is -1.94. The van der Waals surface area contributed by atoms with Crippen LogP contribution in [0.15, 0.2) is 36.7 Å². The van der Waals surface area contributed by atoms with Gasteiger partial charge in [0.2, 0.25) is 29.5 Å². The first kappa shape index (κ1) is 73.8. The van der Waals surface area contributed by atoms with E-state index in [0.717, 1.165) is 17.7 Å². The molecule has 0 radical (unpaired) electrons. The fourth-order valence-corrected chi connectivity index (χ4v) is 11.1. The summed E-state index contributed by atoms with van der Waals surface area (Å²) >= 11 is 0. The SMILES string of the molecule is C#CCOCCOCCOCCOCCC(=O)N(CC(=O)NCCn1cc(CCC(=O)N[C@H]([C@@H]2N[C@@H](C(=O)O)C[C@H]2/C=C\C)C(C)(CCC)OC)nn1)CC(=O)NCCn1cc(CCC(=O)N[C@H]([C@@H]2N[C@@H](C(=O)O)C[C@H]2/C=C\C)C(C)(CCC)OC)nn1. The lowest BCUT2D eigenvalue weighted by molar-refractivity contribution is -0.140. The van der Waals surface area contributed by atoms with E-state index in [1.54, 1.807) is 26.6 Å². The maximum absolute atomic E-state index is 13.6. The average molecular weight is 1240 g/mol. The molecule has 0 bridgehead atoms. The van der Waals surface area contributed by atoms with Crippen LogP contribution in [0.2, 0.25) is 0 Å². The van der Waals surface area contributed by atoms with Gasteiger partial charge in [0, 0.05) is 77.5 Å². The molecule has 0 aromatic carbocycles. The normalized spacial score (nSPS) is 20.4. The number of carboxylic acid groups (broad SMARTS) is 2. The van der Waals surface area contributed by atoms with Gasteiger partial charge in [0.15, 0.2) is 0 Å². The van der Waals surface area contributed by atoms with Gasteiger partial charge < -0.3 is 64.8 Å². The van der Waals surface area contributed by atoms with Crippen molar-refractivity contribution in [1.82, 2.24) is 66.8 Å². The van der Waals surface area contributed by atoms with Crippen molar-refractivity contribution in [1.29, 1.82) is 0 Å². The third kappa shape index (κ3) is 24.7. The number of amides is 5. The number of rotatable bonds is 45. The zero-order chi connectivity index (χ0) is 64.5. The number of aliphatic carboxylic acids is 2. The Balaban J connectivity index is 1.30. The number of nitrogens with zero attached hydrogens (tertiary/aromatic N) is 7. The highest BCUT2D eigenvalue weighted by Crippen LogP contribution is 2.34. The molecule has 492 valence electrons. The summed E-state index contributed by atoms with van der Waals surface area (Å²) in [6.45, 7) is 13.4. The van der Waals surface area contributed by atoms with Crippen LogP contribution in [0, 0.1) is 24.2 Å². The summed E-state index contributed by atoms with van der Waals surface area (Å²) < 4.78 is 36.8. The van der Waals surface area contributed by atoms with Crippen LogP contribution >= 0.6 is 0 Å². The minimum atomic E-state index is -0.958. The lowest BCUT2D eigenvalue weighted by Gasteiger charge is -2.42. The number of ether oxygens (including phenoxy) is 6. The molecular weight excluding hydrogens is 1140 g/mol. The van der Waals surface area contributed by atoms with Gasteiger partial charge >= 0.3 is 11.9 Å². The number of carbonyl (C=O) groups excluding carboxylic acids is 5. The molecule has 88 heavy (non-hydrogen) atoms. The van der Waals surface area contributed by atoms with E-state index >= 15 is 0 Å². The van der Waals surface area contributed by atoms with Crippen molar-refractivity contribution in [2.24, 2.45) is 11.8 Å². The van der Waals surface area contributed by atoms with E-state index in [9.17, 15) is 43.8 Å². The number of terminal acetylenes is 1. The number of carbonyl (C=O) groups is 7. The van der Waals surface area contributed by atoms with Crippen molar-refractivity contribution in [2.45, 2.75) is 173 Å². The largest absolute Gasteiger partial charge is 0.480 e. The number of hydrogen-bond acceptors (Lipinski definition) is 19. The smallest absolute Gasteiger partial charge is 0.320 e. The Morgan fingerprint density at radius 3 is 1.45 bits per heavy atom. The van der Waals surface area contributed by atoms with Gasteiger partial charge in [-0.25, -0.2) is 0 Å². The maximum atomic E-state index is 13.6. The fourth-order valence-electron chi connectivity index (χ4n) is 11.1. The summed E-state index contributed by atoms with van der Waals surface area (Å²) in [5.41, 5.74) is -0.524. The van der Waals surface area contributed by atoms with Crippen LogP contribution in [0.25, 0.3) is 0 Å². The highest BCUT2D eigenvalue weighted by atomic mass is 16.6. The first-order valence-electron chi connectivity index (χ1n) is 30.5. The molecule has 2 aromatic heterocycles. The number of allylic oxidation sites excluding steroid dienone is 2.